The highest BCUT2D eigenvalue weighted by atomic mass is 16.4. The molecule has 2 rings (SSSR count). The molecule has 4 heteroatoms. The maximum absolute atomic E-state index is 11.2. The van der Waals surface area contributed by atoms with Crippen LogP contribution in [0, 0.1) is 10.8 Å². The molecule has 0 radical (unpaired) electrons. The molecule has 30 heavy (non-hydrogen) atoms. The summed E-state index contributed by atoms with van der Waals surface area (Å²) in [6.07, 6.45) is 14.2. The van der Waals surface area contributed by atoms with Gasteiger partial charge in [0.15, 0.2) is 0 Å². The molecule has 0 aromatic heterocycles. The first-order chi connectivity index (χ1) is 14.1. The van der Waals surface area contributed by atoms with Crippen molar-refractivity contribution in [3.8, 4) is 11.5 Å². The van der Waals surface area contributed by atoms with Gasteiger partial charge in [0, 0.05) is 6.07 Å². The van der Waals surface area contributed by atoms with Crippen LogP contribution in [0.25, 0.3) is 0 Å². The first-order valence-electron chi connectivity index (χ1n) is 11.9. The van der Waals surface area contributed by atoms with E-state index < -0.39 is 11.4 Å². The zero-order valence-electron chi connectivity index (χ0n) is 19.3. The second-order valence-corrected chi connectivity index (χ2v) is 10.6. The first-order valence-corrected chi connectivity index (χ1v) is 11.9. The Bertz CT molecular complexity index is 683. The third kappa shape index (κ3) is 8.20. The van der Waals surface area contributed by atoms with Crippen LogP contribution in [-0.2, 0) is 17.6 Å². The van der Waals surface area contributed by atoms with Crippen molar-refractivity contribution >= 4 is 5.97 Å². The van der Waals surface area contributed by atoms with Gasteiger partial charge in [-0.1, -0.05) is 59.3 Å². The van der Waals surface area contributed by atoms with Crippen LogP contribution in [0.3, 0.4) is 0 Å². The van der Waals surface area contributed by atoms with E-state index in [1.54, 1.807) is 6.07 Å². The molecule has 0 spiro atoms. The molecule has 170 valence electrons. The Balaban J connectivity index is 1.72. The summed E-state index contributed by atoms with van der Waals surface area (Å²) >= 11 is 0. The summed E-state index contributed by atoms with van der Waals surface area (Å²) in [5, 5.41) is 29.5. The number of hydrogen-bond donors (Lipinski definition) is 3. The summed E-state index contributed by atoms with van der Waals surface area (Å²) in [5.41, 5.74) is 2.05. The first kappa shape index (κ1) is 24.6. The molecule has 1 aliphatic rings. The number of carboxylic acid groups (broad SMARTS) is 1. The molecule has 0 unspecified atom stereocenters. The largest absolute Gasteiger partial charge is 0.508 e. The van der Waals surface area contributed by atoms with Crippen LogP contribution in [0.2, 0.25) is 0 Å². The molecule has 0 heterocycles. The number of rotatable bonds is 14. The quantitative estimate of drug-likeness (QED) is 0.284. The molecule has 1 aliphatic carbocycles. The Kier molecular flexibility index (Phi) is 9.06. The number of phenolic OH excluding ortho intramolecular Hbond substituents is 2. The van der Waals surface area contributed by atoms with Gasteiger partial charge in [-0.3, -0.25) is 4.79 Å². The second kappa shape index (κ2) is 11.1. The van der Waals surface area contributed by atoms with Crippen molar-refractivity contribution in [3.63, 3.8) is 0 Å². The lowest BCUT2D eigenvalue weighted by Crippen LogP contribution is -2.14. The minimum atomic E-state index is -0.624. The average molecular weight is 419 g/mol. The molecule has 0 aliphatic heterocycles. The molecule has 1 aromatic rings. The summed E-state index contributed by atoms with van der Waals surface area (Å²) < 4.78 is 0. The number of unbranched alkanes of at least 4 members (excludes halogenated alkanes) is 6. The Morgan fingerprint density at radius 2 is 1.50 bits per heavy atom. The number of aliphatic carboxylic acids is 1. The summed E-state index contributed by atoms with van der Waals surface area (Å²) in [6, 6.07) is 3.26. The lowest BCUT2D eigenvalue weighted by Gasteiger charge is -2.17. The third-order valence-electron chi connectivity index (χ3n) is 6.57. The summed E-state index contributed by atoms with van der Waals surface area (Å²) in [5.74, 6) is -0.272. The van der Waals surface area contributed by atoms with E-state index in [4.69, 9.17) is 0 Å². The van der Waals surface area contributed by atoms with Gasteiger partial charge in [0.05, 0.1) is 5.41 Å². The van der Waals surface area contributed by atoms with Crippen LogP contribution in [0.1, 0.15) is 109 Å². The lowest BCUT2D eigenvalue weighted by atomic mass is 9.89. The maximum atomic E-state index is 11.2. The minimum Gasteiger partial charge on any atom is -0.508 e. The predicted molar refractivity (Wildman–Crippen MR) is 122 cm³/mol. The molecule has 0 bridgehead atoms. The molecular formula is C26H42O4. The smallest absolute Gasteiger partial charge is 0.309 e. The Morgan fingerprint density at radius 3 is 2.10 bits per heavy atom. The van der Waals surface area contributed by atoms with E-state index in [0.717, 1.165) is 75.3 Å². The van der Waals surface area contributed by atoms with Crippen LogP contribution >= 0.6 is 0 Å². The van der Waals surface area contributed by atoms with Gasteiger partial charge >= 0.3 is 5.97 Å². The highest BCUT2D eigenvalue weighted by Gasteiger charge is 2.49. The average Bonchev–Trinajstić information content (AvgIpc) is 3.42. The molecule has 0 saturated heterocycles. The third-order valence-corrected chi connectivity index (χ3v) is 6.57. The van der Waals surface area contributed by atoms with Gasteiger partial charge < -0.3 is 15.3 Å². The number of carbonyl (C=O) groups is 1. The molecule has 1 saturated carbocycles. The van der Waals surface area contributed by atoms with E-state index >= 15 is 0 Å². The van der Waals surface area contributed by atoms with Crippen LogP contribution in [0.4, 0.5) is 0 Å². The van der Waals surface area contributed by atoms with Gasteiger partial charge in [0.25, 0.3) is 0 Å². The van der Waals surface area contributed by atoms with Crippen molar-refractivity contribution in [2.45, 2.75) is 111 Å². The number of aromatic hydroxyl groups is 2. The number of aryl methyl sites for hydroxylation is 1. The van der Waals surface area contributed by atoms with Gasteiger partial charge in [-0.05, 0) is 74.0 Å². The molecule has 1 aromatic carbocycles. The molecular weight excluding hydrogens is 376 g/mol. The Morgan fingerprint density at radius 1 is 0.900 bits per heavy atom. The number of hydrogen-bond acceptors (Lipinski definition) is 3. The summed E-state index contributed by atoms with van der Waals surface area (Å²) in [7, 11) is 0. The Hall–Kier alpha value is -1.71. The van der Waals surface area contributed by atoms with Gasteiger partial charge in [-0.2, -0.15) is 0 Å². The van der Waals surface area contributed by atoms with Gasteiger partial charge in [0.2, 0.25) is 0 Å². The van der Waals surface area contributed by atoms with E-state index in [1.165, 1.54) is 31.7 Å². The maximum Gasteiger partial charge on any atom is 0.309 e. The molecule has 1 fully saturated rings. The van der Waals surface area contributed by atoms with Crippen LogP contribution < -0.4 is 0 Å². The van der Waals surface area contributed by atoms with Crippen LogP contribution in [-0.4, -0.2) is 21.3 Å². The van der Waals surface area contributed by atoms with Crippen molar-refractivity contribution in [2.24, 2.45) is 10.8 Å². The summed E-state index contributed by atoms with van der Waals surface area (Å²) in [6.45, 7) is 6.84. The van der Waals surface area contributed by atoms with Crippen molar-refractivity contribution in [1.29, 1.82) is 0 Å². The standard InChI is InChI=1S/C26H42O4/c1-25(2,3)14-10-6-5-9-13-22-20(18-21(27)19-23(22)28)12-8-4-7-11-15-26(16-17-26)24(29)30/h18-19,27-28H,4-17H2,1-3H3,(H,29,30). The Labute approximate surface area is 182 Å². The van der Waals surface area contributed by atoms with Crippen LogP contribution in [0.5, 0.6) is 11.5 Å². The van der Waals surface area contributed by atoms with Gasteiger partial charge in [0.1, 0.15) is 11.5 Å². The molecule has 0 amide bonds. The van der Waals surface area contributed by atoms with Gasteiger partial charge in [-0.15, -0.1) is 0 Å². The van der Waals surface area contributed by atoms with Gasteiger partial charge in [-0.25, -0.2) is 0 Å². The van der Waals surface area contributed by atoms with E-state index in [2.05, 4.69) is 20.8 Å². The zero-order chi connectivity index (χ0) is 22.2. The molecule has 4 nitrogen and oxygen atoms in total. The fraction of sp³-hybridized carbons (Fsp3) is 0.731. The zero-order valence-corrected chi connectivity index (χ0v) is 19.3. The van der Waals surface area contributed by atoms with E-state index in [0.29, 0.717) is 5.41 Å². The highest BCUT2D eigenvalue weighted by Crippen LogP contribution is 2.50. The van der Waals surface area contributed by atoms with Crippen molar-refractivity contribution < 1.29 is 20.1 Å². The topological polar surface area (TPSA) is 77.8 Å². The fourth-order valence-corrected chi connectivity index (χ4v) is 4.38. The molecule has 0 atom stereocenters. The van der Waals surface area contributed by atoms with Crippen molar-refractivity contribution in [1.82, 2.24) is 0 Å². The lowest BCUT2D eigenvalue weighted by molar-refractivity contribution is -0.143. The van der Waals surface area contributed by atoms with E-state index in [-0.39, 0.29) is 11.5 Å². The number of benzene rings is 1. The number of carboxylic acids is 1. The number of phenols is 2. The fourth-order valence-electron chi connectivity index (χ4n) is 4.38. The second-order valence-electron chi connectivity index (χ2n) is 10.6. The SMILES string of the molecule is CC(C)(C)CCCCCCc1c(O)cc(O)cc1CCCCCCC1(C(=O)O)CC1. The van der Waals surface area contributed by atoms with E-state index in [1.807, 2.05) is 0 Å². The monoisotopic (exact) mass is 418 g/mol. The molecule has 3 N–H and O–H groups in total. The van der Waals surface area contributed by atoms with Crippen molar-refractivity contribution in [3.05, 3.63) is 23.3 Å². The predicted octanol–water partition coefficient (Wildman–Crippen LogP) is 6.99. The normalized spacial score (nSPS) is 15.3. The minimum absolute atomic E-state index is 0.133. The summed E-state index contributed by atoms with van der Waals surface area (Å²) in [4.78, 5) is 11.2. The van der Waals surface area contributed by atoms with Crippen LogP contribution in [0.15, 0.2) is 12.1 Å². The van der Waals surface area contributed by atoms with Crippen molar-refractivity contribution in [2.75, 3.05) is 0 Å². The van der Waals surface area contributed by atoms with E-state index in [9.17, 15) is 20.1 Å². The highest BCUT2D eigenvalue weighted by molar-refractivity contribution is 5.77.